The first-order valence-corrected chi connectivity index (χ1v) is 4.55. The van der Waals surface area contributed by atoms with Gasteiger partial charge >= 0.3 is 6.21 Å². The number of unbranched alkanes of at least 4 members (excludes halogenated alkanes) is 1. The van der Waals surface area contributed by atoms with Crippen molar-refractivity contribution in [1.82, 2.24) is 0 Å². The Labute approximate surface area is 82.2 Å². The molecule has 4 heteroatoms. The molecule has 0 spiro atoms. The first kappa shape index (κ1) is 10.4. The predicted molar refractivity (Wildman–Crippen MR) is 51.0 cm³/mol. The van der Waals surface area contributed by atoms with Crippen molar-refractivity contribution in [2.75, 3.05) is 0 Å². The maximum Gasteiger partial charge on any atom is 0.323 e. The summed E-state index contributed by atoms with van der Waals surface area (Å²) >= 11 is 0. The molecule has 0 N–H and O–H groups in total. The second-order valence-corrected chi connectivity index (χ2v) is 3.00. The fraction of sp³-hybridized carbons (Fsp3) is 0.400. The molecule has 14 heavy (non-hydrogen) atoms. The highest BCUT2D eigenvalue weighted by molar-refractivity contribution is 6.25. The van der Waals surface area contributed by atoms with Crippen LogP contribution in [0.15, 0.2) is 22.8 Å². The third-order valence-electron chi connectivity index (χ3n) is 1.88. The average Bonchev–Trinajstić information content (AvgIpc) is 2.65. The molecule has 0 unspecified atom stereocenters. The van der Waals surface area contributed by atoms with Crippen LogP contribution < -0.4 is 0 Å². The number of carbonyl (C=O) groups is 1. The quantitative estimate of drug-likeness (QED) is 0.299. The van der Waals surface area contributed by atoms with Crippen LogP contribution in [0.4, 0.5) is 0 Å². The van der Waals surface area contributed by atoms with Crippen LogP contribution in [0.3, 0.4) is 0 Å². The van der Waals surface area contributed by atoms with E-state index < -0.39 is 0 Å². The molecule has 0 saturated heterocycles. The first-order valence-electron chi connectivity index (χ1n) is 4.55. The molecule has 0 bridgehead atoms. The van der Waals surface area contributed by atoms with E-state index in [1.807, 2.05) is 12.1 Å². The van der Waals surface area contributed by atoms with Gasteiger partial charge in [0.2, 0.25) is 5.78 Å². The number of carbonyl (C=O) groups excluding carboxylic acids is 1. The van der Waals surface area contributed by atoms with Crippen LogP contribution in [-0.2, 0) is 11.2 Å². The van der Waals surface area contributed by atoms with Gasteiger partial charge in [-0.1, -0.05) is 0 Å². The van der Waals surface area contributed by atoms with E-state index in [0.29, 0.717) is 6.42 Å². The molecule has 0 radical (unpaired) electrons. The largest absolute Gasteiger partial charge is 0.469 e. The third kappa shape index (κ3) is 3.83. The van der Waals surface area contributed by atoms with Gasteiger partial charge in [-0.15, -0.1) is 0 Å². The summed E-state index contributed by atoms with van der Waals surface area (Å²) in [6.45, 7) is 0. The van der Waals surface area contributed by atoms with Crippen LogP contribution in [0.25, 0.3) is 5.53 Å². The van der Waals surface area contributed by atoms with Crippen LogP contribution in [-0.4, -0.2) is 16.8 Å². The summed E-state index contributed by atoms with van der Waals surface area (Å²) in [6.07, 6.45) is 5.52. The van der Waals surface area contributed by atoms with Crippen molar-refractivity contribution >= 4 is 12.0 Å². The standard InChI is InChI=1S/C10H12N2O2/c11-12-8-9(13)4-1-2-5-10-6-3-7-14-10/h3,6-8H,1-2,4-5H2. The van der Waals surface area contributed by atoms with Gasteiger partial charge in [0.1, 0.15) is 5.76 Å². The molecule has 0 aliphatic carbocycles. The van der Waals surface area contributed by atoms with E-state index in [1.165, 1.54) is 0 Å². The lowest BCUT2D eigenvalue weighted by Crippen LogP contribution is -1.99. The summed E-state index contributed by atoms with van der Waals surface area (Å²) in [5.74, 6) is 0.792. The van der Waals surface area contributed by atoms with Crippen LogP contribution >= 0.6 is 0 Å². The minimum atomic E-state index is -0.146. The Morgan fingerprint density at radius 1 is 1.57 bits per heavy atom. The topological polar surface area (TPSA) is 66.6 Å². The zero-order valence-corrected chi connectivity index (χ0v) is 7.85. The summed E-state index contributed by atoms with van der Waals surface area (Å²) in [7, 11) is 0. The lowest BCUT2D eigenvalue weighted by Gasteiger charge is -1.94. The lowest BCUT2D eigenvalue weighted by molar-refractivity contribution is -0.116. The molecule has 0 atom stereocenters. The lowest BCUT2D eigenvalue weighted by atomic mass is 10.1. The first-order chi connectivity index (χ1) is 6.83. The predicted octanol–water partition coefficient (Wildman–Crippen LogP) is 1.86. The number of hydrogen-bond donors (Lipinski definition) is 0. The Morgan fingerprint density at radius 3 is 3.07 bits per heavy atom. The van der Waals surface area contributed by atoms with Crippen molar-refractivity contribution in [2.45, 2.75) is 25.7 Å². The zero-order valence-electron chi connectivity index (χ0n) is 7.85. The van der Waals surface area contributed by atoms with Gasteiger partial charge in [0.15, 0.2) is 0 Å². The molecule has 0 aliphatic heterocycles. The van der Waals surface area contributed by atoms with Gasteiger partial charge in [-0.3, -0.25) is 4.79 Å². The van der Waals surface area contributed by atoms with E-state index in [1.54, 1.807) is 6.26 Å². The van der Waals surface area contributed by atoms with E-state index in [9.17, 15) is 4.79 Å². The van der Waals surface area contributed by atoms with Crippen LogP contribution in [0, 0.1) is 0 Å². The number of hydrogen-bond acceptors (Lipinski definition) is 2. The smallest absolute Gasteiger partial charge is 0.323 e. The van der Waals surface area contributed by atoms with Gasteiger partial charge in [0.25, 0.3) is 0 Å². The van der Waals surface area contributed by atoms with Crippen molar-refractivity contribution in [2.24, 2.45) is 0 Å². The van der Waals surface area contributed by atoms with Crippen molar-refractivity contribution in [3.05, 3.63) is 29.7 Å². The van der Waals surface area contributed by atoms with Crippen LogP contribution in [0.1, 0.15) is 25.0 Å². The van der Waals surface area contributed by atoms with E-state index in [2.05, 4.69) is 4.79 Å². The Hall–Kier alpha value is -1.67. The summed E-state index contributed by atoms with van der Waals surface area (Å²) in [5, 5.41) is 0. The van der Waals surface area contributed by atoms with E-state index >= 15 is 0 Å². The number of Topliss-reactive ketones (excluding diaryl/α,β-unsaturated/α-hetero) is 1. The summed E-state index contributed by atoms with van der Waals surface area (Å²) in [5.41, 5.74) is 8.08. The number of aryl methyl sites for hydroxylation is 1. The van der Waals surface area contributed by atoms with Gasteiger partial charge in [0.05, 0.1) is 6.26 Å². The highest BCUT2D eigenvalue weighted by Gasteiger charge is 2.02. The van der Waals surface area contributed by atoms with Gasteiger partial charge in [-0.25, -0.2) is 0 Å². The second kappa shape index (κ2) is 5.89. The fourth-order valence-corrected chi connectivity index (χ4v) is 1.18. The molecule has 4 nitrogen and oxygen atoms in total. The highest BCUT2D eigenvalue weighted by atomic mass is 16.3. The van der Waals surface area contributed by atoms with Crippen molar-refractivity contribution in [1.29, 1.82) is 0 Å². The van der Waals surface area contributed by atoms with E-state index in [-0.39, 0.29) is 5.78 Å². The van der Waals surface area contributed by atoms with E-state index in [0.717, 1.165) is 31.2 Å². The SMILES string of the molecule is [N-]=[N+]=CC(=O)CCCCc1ccco1. The normalized spacial score (nSPS) is 9.43. The third-order valence-corrected chi connectivity index (χ3v) is 1.88. The fourth-order valence-electron chi connectivity index (χ4n) is 1.18. The number of rotatable bonds is 6. The van der Waals surface area contributed by atoms with E-state index in [4.69, 9.17) is 9.95 Å². The van der Waals surface area contributed by atoms with Gasteiger partial charge < -0.3 is 9.95 Å². The monoisotopic (exact) mass is 192 g/mol. The molecule has 0 aromatic carbocycles. The molecule has 0 fully saturated rings. The minimum absolute atomic E-state index is 0.146. The molecule has 74 valence electrons. The average molecular weight is 192 g/mol. The molecule has 1 heterocycles. The van der Waals surface area contributed by atoms with Gasteiger partial charge in [-0.05, 0) is 25.0 Å². The van der Waals surface area contributed by atoms with Crippen LogP contribution in [0.5, 0.6) is 0 Å². The molecule has 0 amide bonds. The molecular formula is C10H12N2O2. The van der Waals surface area contributed by atoms with Gasteiger partial charge in [0, 0.05) is 12.8 Å². The maximum absolute atomic E-state index is 10.9. The van der Waals surface area contributed by atoms with Crippen molar-refractivity contribution < 1.29 is 14.0 Å². The molecule has 1 aromatic heterocycles. The van der Waals surface area contributed by atoms with Crippen molar-refractivity contribution in [3.8, 4) is 0 Å². The highest BCUT2D eigenvalue weighted by Crippen LogP contribution is 2.06. The summed E-state index contributed by atoms with van der Waals surface area (Å²) < 4.78 is 5.14. The minimum Gasteiger partial charge on any atom is -0.469 e. The molecular weight excluding hydrogens is 180 g/mol. The molecule has 1 aromatic rings. The number of ketones is 1. The summed E-state index contributed by atoms with van der Waals surface area (Å²) in [6, 6.07) is 3.76. The van der Waals surface area contributed by atoms with Crippen molar-refractivity contribution in [3.63, 3.8) is 0 Å². The zero-order chi connectivity index (χ0) is 10.2. The Bertz CT molecular complexity index is 324. The molecule has 0 aliphatic rings. The Balaban J connectivity index is 2.11. The molecule has 0 saturated carbocycles. The second-order valence-electron chi connectivity index (χ2n) is 3.00. The number of nitrogens with zero attached hydrogens (tertiary/aromatic N) is 2. The maximum atomic E-state index is 10.9. The number of furan rings is 1. The Kier molecular flexibility index (Phi) is 4.38. The molecule has 1 rings (SSSR count). The van der Waals surface area contributed by atoms with Crippen LogP contribution in [0.2, 0.25) is 0 Å². The summed E-state index contributed by atoms with van der Waals surface area (Å²) in [4.78, 5) is 13.5. The van der Waals surface area contributed by atoms with Gasteiger partial charge in [-0.2, -0.15) is 4.79 Å². The Morgan fingerprint density at radius 2 is 2.43 bits per heavy atom.